The normalized spacial score (nSPS) is 10.5. The number of hydrogen-bond donors (Lipinski definition) is 2. The Hall–Kier alpha value is -2.57. The summed E-state index contributed by atoms with van der Waals surface area (Å²) in [5.74, 6) is -0.127. The first-order valence-electron chi connectivity index (χ1n) is 6.24. The largest absolute Gasteiger partial charge is 0.508 e. The number of hydrogen-bond acceptors (Lipinski definition) is 5. The fourth-order valence-electron chi connectivity index (χ4n) is 2.04. The van der Waals surface area contributed by atoms with E-state index in [9.17, 15) is 15.2 Å². The summed E-state index contributed by atoms with van der Waals surface area (Å²) in [4.78, 5) is 10.4. The number of benzene rings is 1. The van der Waals surface area contributed by atoms with Gasteiger partial charge in [-0.25, -0.2) is 0 Å². The predicted octanol–water partition coefficient (Wildman–Crippen LogP) is 2.21. The standard InChI is InChI=1S/C13H16N4O3/c1-3-11-9(8-16(2)15-11)7-14-12-5-4-10(18)6-13(12)17(19)20/h4-6,8,14,18H,3,7H2,1-2H3. The van der Waals surface area contributed by atoms with Gasteiger partial charge in [-0.3, -0.25) is 14.8 Å². The van der Waals surface area contributed by atoms with Crippen LogP contribution in [0.4, 0.5) is 11.4 Å². The molecule has 0 atom stereocenters. The smallest absolute Gasteiger partial charge is 0.296 e. The van der Waals surface area contributed by atoms with E-state index in [2.05, 4.69) is 10.4 Å². The minimum absolute atomic E-state index is 0.127. The Morgan fingerprint density at radius 1 is 1.50 bits per heavy atom. The van der Waals surface area contributed by atoms with Crippen molar-refractivity contribution in [3.05, 3.63) is 45.8 Å². The van der Waals surface area contributed by atoms with Crippen LogP contribution in [0.3, 0.4) is 0 Å². The quantitative estimate of drug-likeness (QED) is 0.496. The van der Waals surface area contributed by atoms with Gasteiger partial charge in [0.2, 0.25) is 0 Å². The van der Waals surface area contributed by atoms with Crippen LogP contribution in [0.5, 0.6) is 5.75 Å². The summed E-state index contributed by atoms with van der Waals surface area (Å²) in [7, 11) is 1.84. The predicted molar refractivity (Wildman–Crippen MR) is 74.7 cm³/mol. The van der Waals surface area contributed by atoms with Crippen molar-refractivity contribution in [2.45, 2.75) is 19.9 Å². The van der Waals surface area contributed by atoms with Gasteiger partial charge < -0.3 is 10.4 Å². The monoisotopic (exact) mass is 276 g/mol. The van der Waals surface area contributed by atoms with Crippen LogP contribution in [0, 0.1) is 10.1 Å². The molecule has 2 rings (SSSR count). The van der Waals surface area contributed by atoms with E-state index in [1.54, 1.807) is 4.68 Å². The molecule has 2 N–H and O–H groups in total. The van der Waals surface area contributed by atoms with Crippen molar-refractivity contribution in [1.29, 1.82) is 0 Å². The lowest BCUT2D eigenvalue weighted by molar-refractivity contribution is -0.384. The number of aryl methyl sites for hydroxylation is 2. The Kier molecular flexibility index (Phi) is 3.88. The third kappa shape index (κ3) is 2.87. The Morgan fingerprint density at radius 2 is 2.25 bits per heavy atom. The second-order valence-corrected chi connectivity index (χ2v) is 4.44. The molecule has 1 aromatic heterocycles. The number of rotatable bonds is 5. The van der Waals surface area contributed by atoms with E-state index in [1.165, 1.54) is 12.1 Å². The Bertz CT molecular complexity index is 637. The van der Waals surface area contributed by atoms with Gasteiger partial charge in [0.1, 0.15) is 11.4 Å². The van der Waals surface area contributed by atoms with Crippen LogP contribution in [-0.4, -0.2) is 19.8 Å². The maximum absolute atomic E-state index is 11.0. The molecule has 1 heterocycles. The summed E-state index contributed by atoms with van der Waals surface area (Å²) in [6, 6.07) is 4.04. The number of nitrogens with one attached hydrogen (secondary N) is 1. The highest BCUT2D eigenvalue weighted by Crippen LogP contribution is 2.28. The van der Waals surface area contributed by atoms with Crippen LogP contribution in [0.25, 0.3) is 0 Å². The lowest BCUT2D eigenvalue weighted by Crippen LogP contribution is -2.03. The third-order valence-corrected chi connectivity index (χ3v) is 2.97. The van der Waals surface area contributed by atoms with Crippen LogP contribution < -0.4 is 5.32 Å². The molecule has 0 fully saturated rings. The van der Waals surface area contributed by atoms with E-state index in [1.807, 2.05) is 20.2 Å². The molecule has 0 aliphatic rings. The molecule has 0 aliphatic heterocycles. The van der Waals surface area contributed by atoms with Gasteiger partial charge >= 0.3 is 0 Å². The van der Waals surface area contributed by atoms with E-state index < -0.39 is 4.92 Å². The molecule has 7 nitrogen and oxygen atoms in total. The fourth-order valence-corrected chi connectivity index (χ4v) is 2.04. The summed E-state index contributed by atoms with van der Waals surface area (Å²) in [5, 5.41) is 27.6. The topological polar surface area (TPSA) is 93.2 Å². The summed E-state index contributed by atoms with van der Waals surface area (Å²) in [6.45, 7) is 2.46. The zero-order valence-electron chi connectivity index (χ0n) is 11.3. The van der Waals surface area contributed by atoms with E-state index >= 15 is 0 Å². The van der Waals surface area contributed by atoms with Crippen molar-refractivity contribution >= 4 is 11.4 Å². The minimum atomic E-state index is -0.522. The molecule has 7 heteroatoms. The van der Waals surface area contributed by atoms with Gasteiger partial charge in [-0.05, 0) is 18.6 Å². The van der Waals surface area contributed by atoms with Crippen molar-refractivity contribution in [3.8, 4) is 5.75 Å². The van der Waals surface area contributed by atoms with E-state index in [4.69, 9.17) is 0 Å². The first-order valence-corrected chi connectivity index (χ1v) is 6.24. The van der Waals surface area contributed by atoms with Crippen molar-refractivity contribution in [2.24, 2.45) is 7.05 Å². The van der Waals surface area contributed by atoms with Crippen LogP contribution in [0.15, 0.2) is 24.4 Å². The zero-order chi connectivity index (χ0) is 14.7. The Balaban J connectivity index is 2.20. The van der Waals surface area contributed by atoms with Gasteiger partial charge in [-0.2, -0.15) is 5.10 Å². The van der Waals surface area contributed by atoms with Gasteiger partial charge in [0.25, 0.3) is 5.69 Å². The van der Waals surface area contributed by atoms with Crippen molar-refractivity contribution < 1.29 is 10.0 Å². The second-order valence-electron chi connectivity index (χ2n) is 4.44. The van der Waals surface area contributed by atoms with E-state index in [0.29, 0.717) is 12.2 Å². The lowest BCUT2D eigenvalue weighted by atomic mass is 10.2. The number of nitrogens with zero attached hydrogens (tertiary/aromatic N) is 3. The molecule has 0 amide bonds. The highest BCUT2D eigenvalue weighted by atomic mass is 16.6. The first-order chi connectivity index (χ1) is 9.51. The minimum Gasteiger partial charge on any atom is -0.508 e. The molecule has 0 radical (unpaired) electrons. The van der Waals surface area contributed by atoms with Crippen LogP contribution in [0.2, 0.25) is 0 Å². The SMILES string of the molecule is CCc1nn(C)cc1CNc1ccc(O)cc1[N+](=O)[O-]. The number of phenolic OH excluding ortho intramolecular Hbond substituents is 1. The number of nitro benzene ring substituents is 1. The molecule has 1 aromatic carbocycles. The van der Waals surface area contributed by atoms with Crippen LogP contribution >= 0.6 is 0 Å². The number of aromatic nitrogens is 2. The summed E-state index contributed by atoms with van der Waals surface area (Å²) in [5.41, 5.74) is 2.18. The van der Waals surface area contributed by atoms with Gasteiger partial charge in [-0.15, -0.1) is 0 Å². The highest BCUT2D eigenvalue weighted by molar-refractivity contribution is 5.63. The average Bonchev–Trinajstić information content (AvgIpc) is 2.77. The molecule has 20 heavy (non-hydrogen) atoms. The van der Waals surface area contributed by atoms with Crippen LogP contribution in [0.1, 0.15) is 18.2 Å². The fraction of sp³-hybridized carbons (Fsp3) is 0.308. The van der Waals surface area contributed by atoms with Crippen molar-refractivity contribution in [2.75, 3.05) is 5.32 Å². The molecule has 0 unspecified atom stereocenters. The van der Waals surface area contributed by atoms with E-state index in [-0.39, 0.29) is 11.4 Å². The van der Waals surface area contributed by atoms with Gasteiger partial charge in [0.15, 0.2) is 0 Å². The molecule has 0 saturated heterocycles. The second kappa shape index (κ2) is 5.60. The molecule has 0 spiro atoms. The first kappa shape index (κ1) is 13.9. The maximum Gasteiger partial charge on any atom is 0.296 e. The van der Waals surface area contributed by atoms with Crippen LogP contribution in [-0.2, 0) is 20.0 Å². The Labute approximate surface area is 116 Å². The molecule has 0 aliphatic carbocycles. The molecular formula is C13H16N4O3. The van der Waals surface area contributed by atoms with Gasteiger partial charge in [-0.1, -0.05) is 6.92 Å². The molecule has 0 bridgehead atoms. The molecule has 106 valence electrons. The number of aromatic hydroxyl groups is 1. The number of anilines is 1. The Morgan fingerprint density at radius 3 is 2.90 bits per heavy atom. The third-order valence-electron chi connectivity index (χ3n) is 2.97. The average molecular weight is 276 g/mol. The zero-order valence-corrected chi connectivity index (χ0v) is 11.3. The summed E-state index contributed by atoms with van der Waals surface area (Å²) >= 11 is 0. The number of phenols is 1. The summed E-state index contributed by atoms with van der Waals surface area (Å²) < 4.78 is 1.72. The molecular weight excluding hydrogens is 260 g/mol. The van der Waals surface area contributed by atoms with Crippen molar-refractivity contribution in [3.63, 3.8) is 0 Å². The highest BCUT2D eigenvalue weighted by Gasteiger charge is 2.15. The number of nitro groups is 1. The van der Waals surface area contributed by atoms with Gasteiger partial charge in [0.05, 0.1) is 16.7 Å². The summed E-state index contributed by atoms with van der Waals surface area (Å²) in [6.07, 6.45) is 2.69. The van der Waals surface area contributed by atoms with Gasteiger partial charge in [0, 0.05) is 25.4 Å². The van der Waals surface area contributed by atoms with Crippen molar-refractivity contribution in [1.82, 2.24) is 9.78 Å². The maximum atomic E-state index is 11.0. The molecule has 0 saturated carbocycles. The molecule has 2 aromatic rings. The lowest BCUT2D eigenvalue weighted by Gasteiger charge is -2.07. The van der Waals surface area contributed by atoms with E-state index in [0.717, 1.165) is 23.7 Å².